The Labute approximate surface area is 161 Å². The maximum absolute atomic E-state index is 12.9. The van der Waals surface area contributed by atoms with Crippen molar-refractivity contribution in [1.82, 2.24) is 0 Å². The molecule has 0 heterocycles. The Morgan fingerprint density at radius 1 is 1.26 bits per heavy atom. The van der Waals surface area contributed by atoms with Gasteiger partial charge >= 0.3 is 5.97 Å². The van der Waals surface area contributed by atoms with Gasteiger partial charge in [-0.15, -0.1) is 0 Å². The molecule has 1 aromatic rings. The first-order valence-corrected chi connectivity index (χ1v) is 9.23. The minimum absolute atomic E-state index is 0.0185. The fraction of sp³-hybridized carbons (Fsp3) is 0.350. The monoisotopic (exact) mass is 385 g/mol. The number of benzene rings is 1. The molecule has 0 aromatic heterocycles. The summed E-state index contributed by atoms with van der Waals surface area (Å²) in [7, 11) is 0. The van der Waals surface area contributed by atoms with Gasteiger partial charge in [-0.3, -0.25) is 19.2 Å². The maximum atomic E-state index is 12.9. The minimum Gasteiger partial charge on any atom is -0.481 e. The minimum atomic E-state index is -0.887. The Bertz CT molecular complexity index is 886. The molecule has 1 saturated carbocycles. The molecule has 1 aromatic carbocycles. The van der Waals surface area contributed by atoms with E-state index in [2.05, 4.69) is 5.32 Å². The first-order valence-electron chi connectivity index (χ1n) is 8.82. The van der Waals surface area contributed by atoms with Crippen LogP contribution in [0.5, 0.6) is 0 Å². The van der Waals surface area contributed by atoms with E-state index < -0.39 is 11.9 Å². The summed E-state index contributed by atoms with van der Waals surface area (Å²) in [6, 6.07) is 4.95. The molecule has 1 atom stereocenters. The van der Waals surface area contributed by atoms with Crippen LogP contribution in [-0.4, -0.2) is 39.8 Å². The van der Waals surface area contributed by atoms with Crippen LogP contribution >= 0.6 is 12.2 Å². The zero-order valence-corrected chi connectivity index (χ0v) is 15.4. The number of anilines is 1. The topological polar surface area (TPSA) is 101 Å². The number of Topliss-reactive ketones (excluding diaryl/α,β-unsaturated/α-hetero) is 2. The highest BCUT2D eigenvalue weighted by molar-refractivity contribution is 7.80. The van der Waals surface area contributed by atoms with Gasteiger partial charge in [-0.25, -0.2) is 0 Å². The average molecular weight is 385 g/mol. The molecule has 0 aliphatic heterocycles. The zero-order chi connectivity index (χ0) is 19.6. The second-order valence-corrected chi connectivity index (χ2v) is 7.30. The molecule has 0 radical (unpaired) electrons. The molecule has 2 aliphatic carbocycles. The highest BCUT2D eigenvalue weighted by atomic mass is 32.1. The summed E-state index contributed by atoms with van der Waals surface area (Å²) in [5.74, 6) is -2.19. The summed E-state index contributed by atoms with van der Waals surface area (Å²) in [4.78, 5) is 49.3. The van der Waals surface area contributed by atoms with Crippen LogP contribution in [0.2, 0.25) is 0 Å². The molecule has 27 heavy (non-hydrogen) atoms. The normalized spacial score (nSPS) is 19.6. The van der Waals surface area contributed by atoms with Crippen molar-refractivity contribution in [3.63, 3.8) is 0 Å². The van der Waals surface area contributed by atoms with Gasteiger partial charge in [-0.1, -0.05) is 24.4 Å². The molecule has 0 amide bonds. The molecular formula is C20H19NO5S. The van der Waals surface area contributed by atoms with E-state index in [-0.39, 0.29) is 46.9 Å². The molecule has 0 saturated heterocycles. The van der Waals surface area contributed by atoms with Gasteiger partial charge in [-0.2, -0.15) is 0 Å². The molecule has 1 fully saturated rings. The van der Waals surface area contributed by atoms with Gasteiger partial charge in [0, 0.05) is 47.0 Å². The van der Waals surface area contributed by atoms with E-state index in [1.54, 1.807) is 18.2 Å². The van der Waals surface area contributed by atoms with Crippen LogP contribution in [0.25, 0.3) is 0 Å². The van der Waals surface area contributed by atoms with Gasteiger partial charge in [-0.05, 0) is 31.4 Å². The second-order valence-electron chi connectivity index (χ2n) is 6.72. The molecule has 1 unspecified atom stereocenters. The number of aliphatic carboxylic acids is 1. The molecule has 6 nitrogen and oxygen atoms in total. The van der Waals surface area contributed by atoms with Crippen molar-refractivity contribution in [2.45, 2.75) is 32.1 Å². The molecular weight excluding hydrogens is 366 g/mol. The number of carboxylic acids is 1. The van der Waals surface area contributed by atoms with Crippen LogP contribution in [0.15, 0.2) is 29.8 Å². The number of hydrogen-bond acceptors (Lipinski definition) is 6. The lowest BCUT2D eigenvalue weighted by molar-refractivity contribution is -0.137. The Hall–Kier alpha value is -2.67. The SMILES string of the molecule is O=C(O)CCCNc1cccc2c1C(=O)C=C(C1CCC(=S)CC1=O)C2=O. The van der Waals surface area contributed by atoms with Crippen molar-refractivity contribution in [3.8, 4) is 0 Å². The average Bonchev–Trinajstić information content (AvgIpc) is 2.62. The van der Waals surface area contributed by atoms with E-state index in [0.29, 0.717) is 36.4 Å². The molecule has 0 bridgehead atoms. The summed E-state index contributed by atoms with van der Waals surface area (Å²) in [5.41, 5.74) is 1.31. The van der Waals surface area contributed by atoms with Crippen LogP contribution < -0.4 is 5.32 Å². The van der Waals surface area contributed by atoms with Gasteiger partial charge in [0.05, 0.1) is 5.56 Å². The highest BCUT2D eigenvalue weighted by Gasteiger charge is 2.36. The largest absolute Gasteiger partial charge is 0.481 e. The fourth-order valence-corrected chi connectivity index (χ4v) is 3.77. The lowest BCUT2D eigenvalue weighted by atomic mass is 9.76. The van der Waals surface area contributed by atoms with Crippen LogP contribution in [0.3, 0.4) is 0 Å². The third-order valence-electron chi connectivity index (χ3n) is 4.83. The first kappa shape index (κ1) is 19.1. The lowest BCUT2D eigenvalue weighted by Gasteiger charge is -2.26. The van der Waals surface area contributed by atoms with Gasteiger partial charge in [0.2, 0.25) is 0 Å². The van der Waals surface area contributed by atoms with Gasteiger partial charge in [0.15, 0.2) is 11.6 Å². The number of carbonyl (C=O) groups excluding carboxylic acids is 3. The van der Waals surface area contributed by atoms with Crippen LogP contribution in [-0.2, 0) is 9.59 Å². The summed E-state index contributed by atoms with van der Waals surface area (Å²) < 4.78 is 0. The predicted octanol–water partition coefficient (Wildman–Crippen LogP) is 3.01. The van der Waals surface area contributed by atoms with Crippen molar-refractivity contribution in [2.24, 2.45) is 5.92 Å². The number of carboxylic acid groups (broad SMARTS) is 1. The van der Waals surface area contributed by atoms with E-state index >= 15 is 0 Å². The van der Waals surface area contributed by atoms with Crippen molar-refractivity contribution >= 4 is 46.1 Å². The Balaban J connectivity index is 1.84. The van der Waals surface area contributed by atoms with E-state index in [1.807, 2.05) is 0 Å². The fourth-order valence-electron chi connectivity index (χ4n) is 3.51. The number of ketones is 3. The number of nitrogens with one attached hydrogen (secondary N) is 1. The van der Waals surface area contributed by atoms with Crippen molar-refractivity contribution in [2.75, 3.05) is 11.9 Å². The summed E-state index contributed by atoms with van der Waals surface area (Å²) in [6.45, 7) is 0.374. The third-order valence-corrected chi connectivity index (χ3v) is 5.18. The molecule has 2 N–H and O–H groups in total. The van der Waals surface area contributed by atoms with E-state index in [1.165, 1.54) is 6.08 Å². The predicted molar refractivity (Wildman–Crippen MR) is 103 cm³/mol. The number of fused-ring (bicyclic) bond motifs is 1. The van der Waals surface area contributed by atoms with Gasteiger partial charge in [0.25, 0.3) is 0 Å². The van der Waals surface area contributed by atoms with E-state index in [9.17, 15) is 19.2 Å². The van der Waals surface area contributed by atoms with Crippen molar-refractivity contribution in [1.29, 1.82) is 0 Å². The van der Waals surface area contributed by atoms with E-state index in [4.69, 9.17) is 17.3 Å². The smallest absolute Gasteiger partial charge is 0.303 e. The number of allylic oxidation sites excluding steroid dienone is 2. The van der Waals surface area contributed by atoms with Crippen LogP contribution in [0.1, 0.15) is 52.8 Å². The standard InChI is InChI=1S/C20H19NO5S/c22-16-9-11(27)6-7-12(16)14-10-17(23)19-13(20(14)26)3-1-4-15(19)21-8-2-5-18(24)25/h1,3-4,10,12,21H,2,5-9H2,(H,24,25). The second kappa shape index (κ2) is 7.92. The first-order chi connectivity index (χ1) is 12.9. The Morgan fingerprint density at radius 2 is 2.04 bits per heavy atom. The van der Waals surface area contributed by atoms with Crippen molar-refractivity contribution in [3.05, 3.63) is 41.0 Å². The van der Waals surface area contributed by atoms with E-state index in [0.717, 1.165) is 0 Å². The molecule has 140 valence electrons. The number of carbonyl (C=O) groups is 4. The number of thiocarbonyl (C=S) groups is 1. The maximum Gasteiger partial charge on any atom is 0.303 e. The van der Waals surface area contributed by atoms with Crippen LogP contribution in [0.4, 0.5) is 5.69 Å². The van der Waals surface area contributed by atoms with Crippen molar-refractivity contribution < 1.29 is 24.3 Å². The van der Waals surface area contributed by atoms with Gasteiger partial charge < -0.3 is 10.4 Å². The summed E-state index contributed by atoms with van der Waals surface area (Å²) >= 11 is 5.10. The molecule has 3 rings (SSSR count). The lowest BCUT2D eigenvalue weighted by Crippen LogP contribution is -2.31. The molecule has 2 aliphatic rings. The van der Waals surface area contributed by atoms with Crippen LogP contribution in [0, 0.1) is 5.92 Å². The Kier molecular flexibility index (Phi) is 5.60. The summed E-state index contributed by atoms with van der Waals surface area (Å²) in [5, 5.41) is 11.7. The quantitative estimate of drug-likeness (QED) is 0.573. The third kappa shape index (κ3) is 4.03. The molecule has 7 heteroatoms. The van der Waals surface area contributed by atoms with Gasteiger partial charge in [0.1, 0.15) is 5.78 Å². The number of rotatable bonds is 6. The Morgan fingerprint density at radius 3 is 2.74 bits per heavy atom. The number of hydrogen-bond donors (Lipinski definition) is 2. The summed E-state index contributed by atoms with van der Waals surface area (Å²) in [6.07, 6.45) is 2.94. The molecule has 0 spiro atoms. The highest BCUT2D eigenvalue weighted by Crippen LogP contribution is 2.34. The zero-order valence-electron chi connectivity index (χ0n) is 14.6.